The molecule has 0 amide bonds. The summed E-state index contributed by atoms with van der Waals surface area (Å²) in [6.07, 6.45) is 0. The molecule has 0 spiro atoms. The van der Waals surface area contributed by atoms with E-state index in [9.17, 15) is 18.0 Å². The molecule has 0 aliphatic heterocycles. The summed E-state index contributed by atoms with van der Waals surface area (Å²) in [5.41, 5.74) is 5.00. The Balaban J connectivity index is 2.58. The third-order valence-electron chi connectivity index (χ3n) is 3.01. The molecule has 0 saturated carbocycles. The fraction of sp³-hybridized carbons (Fsp3) is 0.133. The molecule has 2 N–H and O–H groups in total. The third kappa shape index (κ3) is 2.39. The van der Waals surface area contributed by atoms with E-state index in [4.69, 9.17) is 5.73 Å². The highest BCUT2D eigenvalue weighted by molar-refractivity contribution is 6.09. The Morgan fingerprint density at radius 1 is 0.950 bits per heavy atom. The zero-order valence-corrected chi connectivity index (χ0v) is 10.9. The second-order valence-electron chi connectivity index (χ2n) is 4.61. The van der Waals surface area contributed by atoms with Crippen LogP contribution in [0.1, 0.15) is 27.0 Å². The van der Waals surface area contributed by atoms with E-state index in [0.29, 0.717) is 0 Å². The van der Waals surface area contributed by atoms with Gasteiger partial charge in [-0.1, -0.05) is 0 Å². The van der Waals surface area contributed by atoms with Crippen LogP contribution in [0.2, 0.25) is 0 Å². The minimum absolute atomic E-state index is 0.0882. The summed E-state index contributed by atoms with van der Waals surface area (Å²) < 4.78 is 40.6. The van der Waals surface area contributed by atoms with E-state index in [-0.39, 0.29) is 16.7 Å². The average molecular weight is 279 g/mol. The first kappa shape index (κ1) is 14.1. The Hall–Kier alpha value is -2.30. The minimum atomic E-state index is -0.976. The van der Waals surface area contributed by atoms with Gasteiger partial charge in [0.1, 0.15) is 11.6 Å². The van der Waals surface area contributed by atoms with Crippen molar-refractivity contribution in [2.24, 2.45) is 0 Å². The quantitative estimate of drug-likeness (QED) is 0.675. The summed E-state index contributed by atoms with van der Waals surface area (Å²) in [5, 5.41) is 0. The predicted molar refractivity (Wildman–Crippen MR) is 70.1 cm³/mol. The molecule has 2 aromatic carbocycles. The molecular formula is C15H12F3NO. The largest absolute Gasteiger partial charge is 0.396 e. The first-order chi connectivity index (χ1) is 9.31. The van der Waals surface area contributed by atoms with Gasteiger partial charge in [0.05, 0.1) is 11.3 Å². The number of halogens is 3. The summed E-state index contributed by atoms with van der Waals surface area (Å²) in [6.45, 7) is 2.99. The van der Waals surface area contributed by atoms with Crippen molar-refractivity contribution < 1.29 is 18.0 Å². The lowest BCUT2D eigenvalue weighted by atomic mass is 9.98. The maximum absolute atomic E-state index is 13.8. The number of carbonyl (C=O) groups is 1. The molecule has 0 unspecified atom stereocenters. The second-order valence-corrected chi connectivity index (χ2v) is 4.61. The van der Waals surface area contributed by atoms with Gasteiger partial charge in [-0.3, -0.25) is 4.79 Å². The van der Waals surface area contributed by atoms with E-state index in [2.05, 4.69) is 0 Å². The molecule has 5 heteroatoms. The Bertz CT molecular complexity index is 688. The van der Waals surface area contributed by atoms with Crippen molar-refractivity contribution in [2.45, 2.75) is 13.8 Å². The lowest BCUT2D eigenvalue weighted by molar-refractivity contribution is 0.103. The average Bonchev–Trinajstić information content (AvgIpc) is 2.38. The molecule has 2 aromatic rings. The summed E-state index contributed by atoms with van der Waals surface area (Å²) in [5.74, 6) is -2.94. The molecule has 0 aromatic heterocycles. The maximum atomic E-state index is 13.8. The number of nitrogen functional groups attached to an aromatic ring is 1. The number of ketones is 1. The molecule has 2 nitrogen and oxygen atoms in total. The van der Waals surface area contributed by atoms with Crippen molar-refractivity contribution in [3.8, 4) is 0 Å². The van der Waals surface area contributed by atoms with Crippen LogP contribution in [0.15, 0.2) is 24.3 Å². The number of nitrogens with two attached hydrogens (primary N) is 1. The smallest absolute Gasteiger partial charge is 0.196 e. The molecule has 2 rings (SSSR count). The maximum Gasteiger partial charge on any atom is 0.196 e. The molecule has 0 aliphatic rings. The monoisotopic (exact) mass is 279 g/mol. The topological polar surface area (TPSA) is 43.1 Å². The van der Waals surface area contributed by atoms with Crippen molar-refractivity contribution in [1.82, 2.24) is 0 Å². The highest BCUT2D eigenvalue weighted by atomic mass is 19.1. The number of hydrogen-bond donors (Lipinski definition) is 1. The summed E-state index contributed by atoms with van der Waals surface area (Å²) in [4.78, 5) is 12.2. The van der Waals surface area contributed by atoms with Crippen molar-refractivity contribution in [3.05, 3.63) is 64.0 Å². The van der Waals surface area contributed by atoms with Crippen molar-refractivity contribution >= 4 is 11.5 Å². The van der Waals surface area contributed by atoms with Crippen LogP contribution in [-0.4, -0.2) is 5.78 Å². The van der Waals surface area contributed by atoms with Gasteiger partial charge < -0.3 is 5.73 Å². The second kappa shape index (κ2) is 5.00. The standard InChI is InChI=1S/C15H12F3NO/c1-7-3-9(4-8(2)13(7)17)15(20)11-5-10(16)6-12(19)14(11)18/h3-6H,19H2,1-2H3. The number of hydrogen-bond acceptors (Lipinski definition) is 2. The molecule has 0 aliphatic carbocycles. The lowest BCUT2D eigenvalue weighted by Gasteiger charge is -2.08. The van der Waals surface area contributed by atoms with Gasteiger partial charge in [0.15, 0.2) is 11.6 Å². The van der Waals surface area contributed by atoms with Crippen LogP contribution in [-0.2, 0) is 0 Å². The van der Waals surface area contributed by atoms with Crippen LogP contribution in [0.3, 0.4) is 0 Å². The van der Waals surface area contributed by atoms with Gasteiger partial charge in [-0.2, -0.15) is 0 Å². The fourth-order valence-electron chi connectivity index (χ4n) is 2.01. The number of anilines is 1. The summed E-state index contributed by atoms with van der Waals surface area (Å²) in [6, 6.07) is 4.17. The SMILES string of the molecule is Cc1cc(C(=O)c2cc(F)cc(N)c2F)cc(C)c1F. The molecule has 104 valence electrons. The number of carbonyl (C=O) groups excluding carboxylic acids is 1. The van der Waals surface area contributed by atoms with Crippen molar-refractivity contribution in [2.75, 3.05) is 5.73 Å². The Labute approximate surface area is 114 Å². The van der Waals surface area contributed by atoms with E-state index in [1.54, 1.807) is 0 Å². The minimum Gasteiger partial charge on any atom is -0.396 e. The van der Waals surface area contributed by atoms with E-state index >= 15 is 0 Å². The van der Waals surface area contributed by atoms with Crippen LogP contribution in [0.4, 0.5) is 18.9 Å². The highest BCUT2D eigenvalue weighted by Gasteiger charge is 2.19. The molecular weight excluding hydrogens is 267 g/mol. The van der Waals surface area contributed by atoms with Crippen molar-refractivity contribution in [1.29, 1.82) is 0 Å². The third-order valence-corrected chi connectivity index (χ3v) is 3.01. The lowest BCUT2D eigenvalue weighted by Crippen LogP contribution is -2.09. The van der Waals surface area contributed by atoms with Gasteiger partial charge in [-0.25, -0.2) is 13.2 Å². The van der Waals surface area contributed by atoms with E-state index < -0.39 is 34.5 Å². The van der Waals surface area contributed by atoms with Crippen LogP contribution in [0.5, 0.6) is 0 Å². The van der Waals surface area contributed by atoms with E-state index in [1.807, 2.05) is 0 Å². The van der Waals surface area contributed by atoms with Gasteiger partial charge in [-0.15, -0.1) is 0 Å². The molecule has 20 heavy (non-hydrogen) atoms. The number of aryl methyl sites for hydroxylation is 2. The van der Waals surface area contributed by atoms with Gasteiger partial charge in [0.2, 0.25) is 0 Å². The zero-order chi connectivity index (χ0) is 15.0. The van der Waals surface area contributed by atoms with Crippen LogP contribution < -0.4 is 5.73 Å². The Morgan fingerprint density at radius 3 is 2.05 bits per heavy atom. The van der Waals surface area contributed by atoms with Crippen molar-refractivity contribution in [3.63, 3.8) is 0 Å². The van der Waals surface area contributed by atoms with Gasteiger partial charge in [0, 0.05) is 5.56 Å². The van der Waals surface area contributed by atoms with Crippen LogP contribution >= 0.6 is 0 Å². The van der Waals surface area contributed by atoms with E-state index in [0.717, 1.165) is 12.1 Å². The summed E-state index contributed by atoms with van der Waals surface area (Å²) in [7, 11) is 0. The molecule has 0 heterocycles. The number of benzene rings is 2. The molecule has 0 fully saturated rings. The Morgan fingerprint density at radius 2 is 1.50 bits per heavy atom. The molecule has 0 radical (unpaired) electrons. The molecule has 0 saturated heterocycles. The van der Waals surface area contributed by atoms with Gasteiger partial charge >= 0.3 is 0 Å². The van der Waals surface area contributed by atoms with Crippen LogP contribution in [0, 0.1) is 31.3 Å². The summed E-state index contributed by atoms with van der Waals surface area (Å²) >= 11 is 0. The van der Waals surface area contributed by atoms with E-state index in [1.165, 1.54) is 26.0 Å². The fourth-order valence-corrected chi connectivity index (χ4v) is 2.01. The zero-order valence-electron chi connectivity index (χ0n) is 10.9. The Kier molecular flexibility index (Phi) is 3.53. The first-order valence-corrected chi connectivity index (χ1v) is 5.87. The number of rotatable bonds is 2. The van der Waals surface area contributed by atoms with Gasteiger partial charge in [-0.05, 0) is 49.2 Å². The normalized spacial score (nSPS) is 10.7. The molecule has 0 bridgehead atoms. The van der Waals surface area contributed by atoms with Crippen LogP contribution in [0.25, 0.3) is 0 Å². The van der Waals surface area contributed by atoms with Gasteiger partial charge in [0.25, 0.3) is 0 Å². The predicted octanol–water partition coefficient (Wildman–Crippen LogP) is 3.53. The highest BCUT2D eigenvalue weighted by Crippen LogP contribution is 2.22. The molecule has 0 atom stereocenters. The first-order valence-electron chi connectivity index (χ1n) is 5.87.